The summed E-state index contributed by atoms with van der Waals surface area (Å²) in [6.45, 7) is 8.93. The van der Waals surface area contributed by atoms with Crippen LogP contribution in [0.2, 0.25) is 5.02 Å². The van der Waals surface area contributed by atoms with Crippen LogP contribution in [0.3, 0.4) is 0 Å². The van der Waals surface area contributed by atoms with Crippen LogP contribution in [0.5, 0.6) is 0 Å². The fourth-order valence-corrected chi connectivity index (χ4v) is 3.67. The van der Waals surface area contributed by atoms with E-state index in [-0.39, 0.29) is 12.3 Å². The van der Waals surface area contributed by atoms with Crippen molar-refractivity contribution in [2.45, 2.75) is 20.3 Å². The number of ether oxygens (including phenoxy) is 1. The van der Waals surface area contributed by atoms with Crippen molar-refractivity contribution < 1.29 is 14.3 Å². The van der Waals surface area contributed by atoms with E-state index in [0.717, 1.165) is 44.0 Å². The first-order valence-corrected chi connectivity index (χ1v) is 10.7. The average molecular weight is 430 g/mol. The Balaban J connectivity index is 1.80. The second-order valence-corrected chi connectivity index (χ2v) is 7.66. The molecule has 6 nitrogen and oxygen atoms in total. The van der Waals surface area contributed by atoms with Gasteiger partial charge in [-0.25, -0.2) is 4.79 Å². The molecule has 7 heteroatoms. The number of benzene rings is 2. The van der Waals surface area contributed by atoms with E-state index in [1.165, 1.54) is 0 Å². The Morgan fingerprint density at radius 2 is 1.73 bits per heavy atom. The number of carbonyl (C=O) groups is 2. The number of rotatable bonds is 7. The molecule has 160 valence electrons. The van der Waals surface area contributed by atoms with Crippen molar-refractivity contribution in [3.8, 4) is 0 Å². The van der Waals surface area contributed by atoms with Crippen molar-refractivity contribution in [2.24, 2.45) is 0 Å². The van der Waals surface area contributed by atoms with Gasteiger partial charge in [-0.3, -0.25) is 4.79 Å². The summed E-state index contributed by atoms with van der Waals surface area (Å²) < 4.78 is 5.12. The van der Waals surface area contributed by atoms with Crippen LogP contribution in [-0.2, 0) is 16.0 Å². The number of nitrogens with one attached hydrogen (secondary N) is 1. The lowest BCUT2D eigenvalue weighted by Crippen LogP contribution is -2.46. The van der Waals surface area contributed by atoms with E-state index >= 15 is 0 Å². The van der Waals surface area contributed by atoms with Gasteiger partial charge in [0.1, 0.15) is 0 Å². The maximum Gasteiger partial charge on any atom is 0.338 e. The second kappa shape index (κ2) is 10.5. The van der Waals surface area contributed by atoms with Gasteiger partial charge >= 0.3 is 5.97 Å². The molecule has 0 atom stereocenters. The number of anilines is 2. The minimum atomic E-state index is -0.395. The van der Waals surface area contributed by atoms with Gasteiger partial charge in [-0.15, -0.1) is 0 Å². The van der Waals surface area contributed by atoms with Crippen LogP contribution < -0.4 is 10.2 Å². The van der Waals surface area contributed by atoms with E-state index in [1.54, 1.807) is 31.2 Å². The summed E-state index contributed by atoms with van der Waals surface area (Å²) in [7, 11) is 0. The minimum absolute atomic E-state index is 0.147. The third-order valence-electron chi connectivity index (χ3n) is 5.22. The molecule has 0 bridgehead atoms. The molecule has 0 aliphatic carbocycles. The Bertz CT molecular complexity index is 878. The zero-order valence-corrected chi connectivity index (χ0v) is 18.2. The smallest absolute Gasteiger partial charge is 0.338 e. The molecule has 1 amide bonds. The molecule has 2 aromatic rings. The van der Waals surface area contributed by atoms with Gasteiger partial charge in [0.25, 0.3) is 0 Å². The highest BCUT2D eigenvalue weighted by atomic mass is 35.5. The fraction of sp³-hybridized carbons (Fsp3) is 0.391. The van der Waals surface area contributed by atoms with Crippen LogP contribution >= 0.6 is 11.6 Å². The molecule has 2 aromatic carbocycles. The lowest BCUT2D eigenvalue weighted by atomic mass is 10.1. The van der Waals surface area contributed by atoms with Crippen LogP contribution in [0.4, 0.5) is 11.4 Å². The molecule has 0 spiro atoms. The number of carbonyl (C=O) groups excluding carboxylic acids is 2. The van der Waals surface area contributed by atoms with Gasteiger partial charge in [0.2, 0.25) is 5.91 Å². The molecular weight excluding hydrogens is 402 g/mol. The van der Waals surface area contributed by atoms with E-state index in [1.807, 2.05) is 18.2 Å². The van der Waals surface area contributed by atoms with E-state index in [9.17, 15) is 9.59 Å². The Morgan fingerprint density at radius 1 is 1.03 bits per heavy atom. The zero-order chi connectivity index (χ0) is 21.5. The number of piperazine rings is 1. The molecule has 1 fully saturated rings. The van der Waals surface area contributed by atoms with Crippen molar-refractivity contribution in [1.29, 1.82) is 0 Å². The molecule has 1 saturated heterocycles. The third-order valence-corrected chi connectivity index (χ3v) is 5.47. The third kappa shape index (κ3) is 5.74. The Kier molecular flexibility index (Phi) is 7.71. The number of hydrogen-bond donors (Lipinski definition) is 1. The van der Waals surface area contributed by atoms with Crippen molar-refractivity contribution in [1.82, 2.24) is 4.90 Å². The predicted octanol–water partition coefficient (Wildman–Crippen LogP) is 3.84. The van der Waals surface area contributed by atoms with Crippen molar-refractivity contribution in [2.75, 3.05) is 49.5 Å². The maximum atomic E-state index is 12.7. The van der Waals surface area contributed by atoms with E-state index < -0.39 is 5.97 Å². The average Bonchev–Trinajstić information content (AvgIpc) is 2.75. The topological polar surface area (TPSA) is 61.9 Å². The number of halogens is 1. The van der Waals surface area contributed by atoms with Gasteiger partial charge < -0.3 is 19.9 Å². The van der Waals surface area contributed by atoms with Gasteiger partial charge in [0.05, 0.1) is 30.0 Å². The Morgan fingerprint density at radius 3 is 2.37 bits per heavy atom. The first-order valence-electron chi connectivity index (χ1n) is 10.3. The van der Waals surface area contributed by atoms with Crippen LogP contribution in [0.25, 0.3) is 0 Å². The molecule has 0 radical (unpaired) electrons. The SMILES string of the molecule is CCOC(=O)c1ccc(N2CCN(CC)CC2)c(NC(=O)Cc2ccc(Cl)cc2)c1. The van der Waals surface area contributed by atoms with Crippen molar-refractivity contribution >= 4 is 34.9 Å². The summed E-state index contributed by atoms with van der Waals surface area (Å²) in [5.74, 6) is -0.542. The molecule has 1 aliphatic heterocycles. The van der Waals surface area contributed by atoms with Crippen LogP contribution in [0, 0.1) is 0 Å². The number of likely N-dealkylation sites (N-methyl/N-ethyl adjacent to an activating group) is 1. The van der Waals surface area contributed by atoms with E-state index in [4.69, 9.17) is 16.3 Å². The zero-order valence-electron chi connectivity index (χ0n) is 17.5. The monoisotopic (exact) mass is 429 g/mol. The molecular formula is C23H28ClN3O3. The molecule has 1 heterocycles. The quantitative estimate of drug-likeness (QED) is 0.677. The molecule has 3 rings (SSSR count). The minimum Gasteiger partial charge on any atom is -0.462 e. The molecule has 30 heavy (non-hydrogen) atoms. The normalized spacial score (nSPS) is 14.4. The summed E-state index contributed by atoms with van der Waals surface area (Å²) in [6, 6.07) is 12.6. The second-order valence-electron chi connectivity index (χ2n) is 7.23. The highest BCUT2D eigenvalue weighted by Crippen LogP contribution is 2.29. The Labute approximate surface area is 182 Å². The standard InChI is InChI=1S/C23H28ClN3O3/c1-3-26-11-13-27(14-12-26)21-10-7-18(23(29)30-4-2)16-20(21)25-22(28)15-17-5-8-19(24)9-6-17/h5-10,16H,3-4,11-15H2,1-2H3,(H,25,28). The van der Waals surface area contributed by atoms with E-state index in [2.05, 4.69) is 22.0 Å². The predicted molar refractivity (Wildman–Crippen MR) is 121 cm³/mol. The van der Waals surface area contributed by atoms with Crippen molar-refractivity contribution in [3.05, 3.63) is 58.6 Å². The van der Waals surface area contributed by atoms with Crippen LogP contribution in [0.1, 0.15) is 29.8 Å². The number of hydrogen-bond acceptors (Lipinski definition) is 5. The Hall–Kier alpha value is -2.57. The number of amides is 1. The summed E-state index contributed by atoms with van der Waals surface area (Å²) in [6.07, 6.45) is 0.226. The lowest BCUT2D eigenvalue weighted by Gasteiger charge is -2.36. The molecule has 1 N–H and O–H groups in total. The van der Waals surface area contributed by atoms with E-state index in [0.29, 0.717) is 22.9 Å². The first kappa shape index (κ1) is 22.1. The van der Waals surface area contributed by atoms with Crippen LogP contribution in [0.15, 0.2) is 42.5 Å². The summed E-state index contributed by atoms with van der Waals surface area (Å²) in [5, 5.41) is 3.63. The number of nitrogens with zero attached hydrogens (tertiary/aromatic N) is 2. The van der Waals surface area contributed by atoms with Crippen molar-refractivity contribution in [3.63, 3.8) is 0 Å². The largest absolute Gasteiger partial charge is 0.462 e. The van der Waals surface area contributed by atoms with Gasteiger partial charge in [-0.05, 0) is 49.4 Å². The summed E-state index contributed by atoms with van der Waals surface area (Å²) in [5.41, 5.74) is 2.85. The molecule has 0 saturated carbocycles. The number of esters is 1. The summed E-state index contributed by atoms with van der Waals surface area (Å²) in [4.78, 5) is 29.6. The van der Waals surface area contributed by atoms with Crippen LogP contribution in [-0.4, -0.2) is 56.1 Å². The highest BCUT2D eigenvalue weighted by molar-refractivity contribution is 6.30. The lowest BCUT2D eigenvalue weighted by molar-refractivity contribution is -0.115. The molecule has 1 aliphatic rings. The van der Waals surface area contributed by atoms with Gasteiger partial charge in [-0.1, -0.05) is 30.7 Å². The van der Waals surface area contributed by atoms with Gasteiger partial charge in [0, 0.05) is 31.2 Å². The first-order chi connectivity index (χ1) is 14.5. The molecule has 0 aromatic heterocycles. The van der Waals surface area contributed by atoms with Gasteiger partial charge in [0.15, 0.2) is 0 Å². The fourth-order valence-electron chi connectivity index (χ4n) is 3.54. The van der Waals surface area contributed by atoms with Gasteiger partial charge in [-0.2, -0.15) is 0 Å². The highest BCUT2D eigenvalue weighted by Gasteiger charge is 2.21. The summed E-state index contributed by atoms with van der Waals surface area (Å²) >= 11 is 5.92. The molecule has 0 unspecified atom stereocenters. The maximum absolute atomic E-state index is 12.7.